The van der Waals surface area contributed by atoms with Crippen molar-refractivity contribution in [2.24, 2.45) is 5.92 Å². The number of sulfonamides is 1. The van der Waals surface area contributed by atoms with E-state index in [4.69, 9.17) is 4.74 Å². The highest BCUT2D eigenvalue weighted by Crippen LogP contribution is 2.33. The lowest BCUT2D eigenvalue weighted by molar-refractivity contribution is -0.114. The van der Waals surface area contributed by atoms with E-state index >= 15 is 0 Å². The SMILES string of the molecule is CC(=O)Nc1nc(C)c(S(=O)(=O)N2CCC(N3C(=O)OCC3C(C)C)CC2)s1. The number of carbonyl (C=O) groups is 2. The molecule has 1 N–H and O–H groups in total. The summed E-state index contributed by atoms with van der Waals surface area (Å²) in [6.45, 7) is 8.12. The van der Waals surface area contributed by atoms with Crippen molar-refractivity contribution in [2.75, 3.05) is 25.0 Å². The first-order valence-corrected chi connectivity index (χ1v) is 11.6. The highest BCUT2D eigenvalue weighted by molar-refractivity contribution is 7.91. The maximum absolute atomic E-state index is 13.1. The van der Waals surface area contributed by atoms with Crippen LogP contribution in [-0.2, 0) is 19.6 Å². The fraction of sp³-hybridized carbons (Fsp3) is 0.706. The van der Waals surface area contributed by atoms with E-state index in [1.807, 2.05) is 0 Å². The van der Waals surface area contributed by atoms with E-state index in [2.05, 4.69) is 24.1 Å². The van der Waals surface area contributed by atoms with Crippen LogP contribution in [0.15, 0.2) is 4.21 Å². The van der Waals surface area contributed by atoms with Crippen molar-refractivity contribution >= 4 is 38.5 Å². The number of hydrogen-bond donors (Lipinski definition) is 1. The van der Waals surface area contributed by atoms with Gasteiger partial charge in [-0.05, 0) is 25.7 Å². The second-order valence-electron chi connectivity index (χ2n) is 7.50. The minimum atomic E-state index is -3.69. The highest BCUT2D eigenvalue weighted by atomic mass is 32.2. The second kappa shape index (κ2) is 7.96. The lowest BCUT2D eigenvalue weighted by Crippen LogP contribution is -2.50. The Labute approximate surface area is 169 Å². The van der Waals surface area contributed by atoms with E-state index in [1.165, 1.54) is 11.2 Å². The molecule has 1 aromatic rings. The Morgan fingerprint density at radius 2 is 1.96 bits per heavy atom. The largest absolute Gasteiger partial charge is 0.447 e. The highest BCUT2D eigenvalue weighted by Gasteiger charge is 2.42. The number of nitrogens with one attached hydrogen (secondary N) is 1. The van der Waals surface area contributed by atoms with Gasteiger partial charge in [-0.1, -0.05) is 25.2 Å². The number of nitrogens with zero attached hydrogens (tertiary/aromatic N) is 3. The van der Waals surface area contributed by atoms with Gasteiger partial charge < -0.3 is 10.1 Å². The van der Waals surface area contributed by atoms with Crippen molar-refractivity contribution < 1.29 is 22.7 Å². The number of cyclic esters (lactones) is 1. The summed E-state index contributed by atoms with van der Waals surface area (Å²) in [6.07, 6.45) is 0.820. The molecular weight excluding hydrogens is 404 g/mol. The molecule has 0 radical (unpaired) electrons. The summed E-state index contributed by atoms with van der Waals surface area (Å²) in [5.41, 5.74) is 0.374. The lowest BCUT2D eigenvalue weighted by atomic mass is 9.98. The molecule has 2 amide bonds. The van der Waals surface area contributed by atoms with E-state index in [9.17, 15) is 18.0 Å². The van der Waals surface area contributed by atoms with Crippen molar-refractivity contribution in [3.63, 3.8) is 0 Å². The molecule has 0 saturated carbocycles. The Hall–Kier alpha value is -1.72. The molecule has 0 spiro atoms. The minimum absolute atomic E-state index is 0.0219. The summed E-state index contributed by atoms with van der Waals surface area (Å²) in [7, 11) is -3.69. The van der Waals surface area contributed by atoms with Gasteiger partial charge in [-0.3, -0.25) is 9.69 Å². The minimum Gasteiger partial charge on any atom is -0.447 e. The third-order valence-electron chi connectivity index (χ3n) is 5.14. The van der Waals surface area contributed by atoms with Gasteiger partial charge in [0.1, 0.15) is 6.61 Å². The second-order valence-corrected chi connectivity index (χ2v) is 10.6. The number of aryl methyl sites for hydroxylation is 1. The topological polar surface area (TPSA) is 109 Å². The van der Waals surface area contributed by atoms with Gasteiger partial charge in [0.05, 0.1) is 11.7 Å². The van der Waals surface area contributed by atoms with Gasteiger partial charge in [0.2, 0.25) is 5.91 Å². The number of aromatic nitrogens is 1. The first-order valence-electron chi connectivity index (χ1n) is 9.31. The number of amides is 2. The number of anilines is 1. The van der Waals surface area contributed by atoms with Crippen LogP contribution < -0.4 is 5.32 Å². The Morgan fingerprint density at radius 3 is 2.54 bits per heavy atom. The van der Waals surface area contributed by atoms with Crippen molar-refractivity contribution in [2.45, 2.75) is 56.8 Å². The molecular formula is C17H26N4O5S2. The maximum Gasteiger partial charge on any atom is 0.410 e. The van der Waals surface area contributed by atoms with Crippen LogP contribution in [0.2, 0.25) is 0 Å². The molecule has 9 nitrogen and oxygen atoms in total. The van der Waals surface area contributed by atoms with Crippen LogP contribution in [0.5, 0.6) is 0 Å². The molecule has 2 aliphatic rings. The molecule has 0 aliphatic carbocycles. The van der Waals surface area contributed by atoms with E-state index in [-0.39, 0.29) is 39.3 Å². The third kappa shape index (κ3) is 4.01. The molecule has 1 aromatic heterocycles. The standard InChI is InChI=1S/C17H26N4O5S2/c1-10(2)14-9-26-17(23)21(14)13-5-7-20(8-6-13)28(24,25)15-11(3)18-16(27-15)19-12(4)22/h10,13-14H,5-9H2,1-4H3,(H,18,19,22). The number of thiazole rings is 1. The van der Waals surface area contributed by atoms with Gasteiger partial charge in [-0.15, -0.1) is 0 Å². The van der Waals surface area contributed by atoms with Crippen LogP contribution in [0, 0.1) is 12.8 Å². The van der Waals surface area contributed by atoms with Gasteiger partial charge in [-0.2, -0.15) is 4.31 Å². The fourth-order valence-electron chi connectivity index (χ4n) is 3.68. The van der Waals surface area contributed by atoms with Crippen molar-refractivity contribution in [3.05, 3.63) is 5.69 Å². The summed E-state index contributed by atoms with van der Waals surface area (Å²) in [4.78, 5) is 29.3. The van der Waals surface area contributed by atoms with Crippen LogP contribution in [-0.4, -0.2) is 66.4 Å². The first-order chi connectivity index (χ1) is 13.1. The van der Waals surface area contributed by atoms with Crippen LogP contribution >= 0.6 is 11.3 Å². The predicted molar refractivity (Wildman–Crippen MR) is 105 cm³/mol. The molecule has 28 heavy (non-hydrogen) atoms. The van der Waals surface area contributed by atoms with Crippen molar-refractivity contribution in [3.8, 4) is 0 Å². The Morgan fingerprint density at radius 1 is 1.32 bits per heavy atom. The molecule has 156 valence electrons. The fourth-order valence-corrected chi connectivity index (χ4v) is 6.75. The van der Waals surface area contributed by atoms with Gasteiger partial charge in [-0.25, -0.2) is 18.2 Å². The molecule has 1 unspecified atom stereocenters. The van der Waals surface area contributed by atoms with Crippen molar-refractivity contribution in [1.82, 2.24) is 14.2 Å². The van der Waals surface area contributed by atoms with Crippen LogP contribution in [0.25, 0.3) is 0 Å². The van der Waals surface area contributed by atoms with E-state index in [0.29, 0.717) is 38.2 Å². The summed E-state index contributed by atoms with van der Waals surface area (Å²) in [5, 5.41) is 2.81. The zero-order valence-electron chi connectivity index (χ0n) is 16.5. The quantitative estimate of drug-likeness (QED) is 0.766. The number of hydrogen-bond acceptors (Lipinski definition) is 7. The monoisotopic (exact) mass is 430 g/mol. The Kier molecular flexibility index (Phi) is 5.97. The summed E-state index contributed by atoms with van der Waals surface area (Å²) in [6, 6.07) is 0.0101. The van der Waals surface area contributed by atoms with Crippen LogP contribution in [0.1, 0.15) is 39.3 Å². The molecule has 0 aromatic carbocycles. The van der Waals surface area contributed by atoms with Gasteiger partial charge in [0, 0.05) is 26.1 Å². The molecule has 2 aliphatic heterocycles. The van der Waals surface area contributed by atoms with E-state index < -0.39 is 10.0 Å². The van der Waals surface area contributed by atoms with Gasteiger partial charge in [0.25, 0.3) is 10.0 Å². The molecule has 1 atom stereocenters. The number of ether oxygens (including phenoxy) is 1. The summed E-state index contributed by atoms with van der Waals surface area (Å²) in [5.74, 6) is -0.0176. The number of rotatable bonds is 5. The van der Waals surface area contributed by atoms with Crippen molar-refractivity contribution in [1.29, 1.82) is 0 Å². The molecule has 3 heterocycles. The number of carbonyl (C=O) groups excluding carboxylic acids is 2. The maximum atomic E-state index is 13.1. The lowest BCUT2D eigenvalue weighted by Gasteiger charge is -2.38. The van der Waals surface area contributed by atoms with Crippen LogP contribution in [0.4, 0.5) is 9.93 Å². The third-order valence-corrected chi connectivity index (χ3v) is 8.70. The van der Waals surface area contributed by atoms with E-state index in [1.54, 1.807) is 11.8 Å². The van der Waals surface area contributed by atoms with Gasteiger partial charge >= 0.3 is 6.09 Å². The molecule has 2 fully saturated rings. The zero-order chi connectivity index (χ0) is 20.6. The normalized spacial score (nSPS) is 22.0. The Bertz CT molecular complexity index is 859. The summed E-state index contributed by atoms with van der Waals surface area (Å²) >= 11 is 0.962. The smallest absolute Gasteiger partial charge is 0.410 e. The average Bonchev–Trinajstić information content (AvgIpc) is 3.17. The van der Waals surface area contributed by atoms with E-state index in [0.717, 1.165) is 11.3 Å². The van der Waals surface area contributed by atoms with Crippen LogP contribution in [0.3, 0.4) is 0 Å². The molecule has 3 rings (SSSR count). The molecule has 11 heteroatoms. The molecule has 2 saturated heterocycles. The summed E-state index contributed by atoms with van der Waals surface area (Å²) < 4.78 is 32.9. The average molecular weight is 431 g/mol. The predicted octanol–water partition coefficient (Wildman–Crippen LogP) is 2.04. The first kappa shape index (κ1) is 21.0. The van der Waals surface area contributed by atoms with Gasteiger partial charge in [0.15, 0.2) is 9.34 Å². The molecule has 0 bridgehead atoms. The zero-order valence-corrected chi connectivity index (χ0v) is 18.1. The Balaban J connectivity index is 1.71. The number of piperidine rings is 1.